The predicted octanol–water partition coefficient (Wildman–Crippen LogP) is 3.51. The number of carboxylic acids is 1. The molecule has 0 fully saturated rings. The summed E-state index contributed by atoms with van der Waals surface area (Å²) in [6.07, 6.45) is 0.497. The molecule has 0 aliphatic carbocycles. The van der Waals surface area contributed by atoms with E-state index in [1.807, 2.05) is 48.5 Å². The average molecular weight is 378 g/mol. The Hall–Kier alpha value is -3.28. The van der Waals surface area contributed by atoms with Crippen LogP contribution in [0.3, 0.4) is 0 Å². The van der Waals surface area contributed by atoms with Crippen molar-refractivity contribution in [3.05, 3.63) is 65.4 Å². The number of carboxylic acid groups (broad SMARTS) is 1. The molecule has 0 saturated carbocycles. The molecule has 0 bridgehead atoms. The van der Waals surface area contributed by atoms with E-state index in [9.17, 15) is 14.7 Å². The molecule has 3 aromatic rings. The highest BCUT2D eigenvalue weighted by atomic mass is 16.5. The number of amides is 1. The van der Waals surface area contributed by atoms with E-state index in [0.717, 1.165) is 27.7 Å². The summed E-state index contributed by atoms with van der Waals surface area (Å²) in [5.74, 6) is -0.581. The molecular weight excluding hydrogens is 356 g/mol. The maximum absolute atomic E-state index is 12.9. The van der Waals surface area contributed by atoms with E-state index in [4.69, 9.17) is 4.74 Å². The van der Waals surface area contributed by atoms with Gasteiger partial charge in [-0.2, -0.15) is 0 Å². The Morgan fingerprint density at radius 3 is 2.61 bits per heavy atom. The Balaban J connectivity index is 2.02. The molecule has 2 heterocycles. The molecule has 0 saturated heterocycles. The van der Waals surface area contributed by atoms with Crippen LogP contribution in [0.1, 0.15) is 36.2 Å². The summed E-state index contributed by atoms with van der Waals surface area (Å²) in [5, 5.41) is 10.9. The number of H-pyrrole nitrogens is 1. The zero-order valence-electron chi connectivity index (χ0n) is 15.8. The van der Waals surface area contributed by atoms with E-state index >= 15 is 0 Å². The highest BCUT2D eigenvalue weighted by molar-refractivity contribution is 5.90. The number of carbonyl (C=O) groups is 2. The van der Waals surface area contributed by atoms with Crippen LogP contribution in [0.4, 0.5) is 0 Å². The first-order valence-electron chi connectivity index (χ1n) is 9.33. The van der Waals surface area contributed by atoms with Gasteiger partial charge in [0.2, 0.25) is 5.91 Å². The molecule has 0 spiro atoms. The highest BCUT2D eigenvalue weighted by Gasteiger charge is 2.43. The molecule has 1 aliphatic heterocycles. The molecule has 28 heavy (non-hydrogen) atoms. The first-order valence-corrected chi connectivity index (χ1v) is 9.33. The summed E-state index contributed by atoms with van der Waals surface area (Å²) < 4.78 is 5.55. The monoisotopic (exact) mass is 378 g/mol. The lowest BCUT2D eigenvalue weighted by Crippen LogP contribution is -2.51. The highest BCUT2D eigenvalue weighted by Crippen LogP contribution is 2.43. The number of aliphatic carboxylic acids is 1. The minimum absolute atomic E-state index is 0.201. The topological polar surface area (TPSA) is 82.6 Å². The fourth-order valence-electron chi connectivity index (χ4n) is 4.19. The molecule has 2 aromatic carbocycles. The number of fused-ring (bicyclic) bond motifs is 3. The third-order valence-corrected chi connectivity index (χ3v) is 5.44. The second-order valence-electron chi connectivity index (χ2n) is 6.92. The van der Waals surface area contributed by atoms with Gasteiger partial charge in [0.25, 0.3) is 0 Å². The van der Waals surface area contributed by atoms with Crippen molar-refractivity contribution in [3.8, 4) is 5.75 Å². The van der Waals surface area contributed by atoms with Crippen LogP contribution in [0.15, 0.2) is 48.5 Å². The van der Waals surface area contributed by atoms with Gasteiger partial charge in [-0.15, -0.1) is 0 Å². The van der Waals surface area contributed by atoms with Gasteiger partial charge in [-0.25, -0.2) is 4.79 Å². The summed E-state index contributed by atoms with van der Waals surface area (Å²) in [5.41, 5.74) is 3.50. The number of rotatable bonds is 4. The van der Waals surface area contributed by atoms with Crippen molar-refractivity contribution < 1.29 is 19.4 Å². The molecule has 1 aliphatic rings. The van der Waals surface area contributed by atoms with Crippen LogP contribution in [-0.2, 0) is 16.0 Å². The van der Waals surface area contributed by atoms with Gasteiger partial charge in [0.05, 0.1) is 7.11 Å². The third kappa shape index (κ3) is 2.72. The van der Waals surface area contributed by atoms with Crippen molar-refractivity contribution in [2.24, 2.45) is 0 Å². The van der Waals surface area contributed by atoms with Gasteiger partial charge in [0.15, 0.2) is 0 Å². The normalized spacial score (nSPS) is 18.7. The van der Waals surface area contributed by atoms with E-state index in [2.05, 4.69) is 4.98 Å². The van der Waals surface area contributed by atoms with Crippen LogP contribution in [0.5, 0.6) is 5.75 Å². The van der Waals surface area contributed by atoms with Crippen molar-refractivity contribution in [3.63, 3.8) is 0 Å². The fraction of sp³-hybridized carbons (Fsp3) is 0.273. The number of ether oxygens (including phenoxy) is 1. The zero-order chi connectivity index (χ0) is 19.8. The Morgan fingerprint density at radius 2 is 1.89 bits per heavy atom. The molecule has 144 valence electrons. The Kier molecular flexibility index (Phi) is 4.55. The first kappa shape index (κ1) is 18.1. The number of hydrogen-bond acceptors (Lipinski definition) is 3. The molecule has 2 atom stereocenters. The molecule has 6 heteroatoms. The Labute approximate surface area is 162 Å². The van der Waals surface area contributed by atoms with Gasteiger partial charge in [-0.05, 0) is 17.7 Å². The van der Waals surface area contributed by atoms with Gasteiger partial charge < -0.3 is 19.7 Å². The van der Waals surface area contributed by atoms with Crippen LogP contribution in [-0.4, -0.2) is 40.0 Å². The minimum atomic E-state index is -1.00. The maximum Gasteiger partial charge on any atom is 0.326 e. The van der Waals surface area contributed by atoms with E-state index in [1.165, 1.54) is 4.90 Å². The molecule has 4 rings (SSSR count). The molecule has 1 amide bonds. The standard InChI is InChI=1S/C22H22N2O4/c1-3-19(25)24-17(22(26)27)12-15-13-8-4-6-10-16(13)23-20(15)21(24)14-9-5-7-11-18(14)28-2/h4-11,17,21,23H,3,12H2,1-2H3,(H,26,27)/t17-,21-/m0/s1. The van der Waals surface area contributed by atoms with Gasteiger partial charge in [-0.3, -0.25) is 4.79 Å². The van der Waals surface area contributed by atoms with Crippen LogP contribution < -0.4 is 4.74 Å². The smallest absolute Gasteiger partial charge is 0.326 e. The number of nitrogens with one attached hydrogen (secondary N) is 1. The van der Waals surface area contributed by atoms with Crippen molar-refractivity contribution in [1.82, 2.24) is 9.88 Å². The summed E-state index contributed by atoms with van der Waals surface area (Å²) in [7, 11) is 1.58. The van der Waals surface area contributed by atoms with Crippen molar-refractivity contribution in [1.29, 1.82) is 0 Å². The molecule has 0 radical (unpaired) electrons. The number of aromatic amines is 1. The third-order valence-electron chi connectivity index (χ3n) is 5.44. The lowest BCUT2D eigenvalue weighted by Gasteiger charge is -2.40. The van der Waals surface area contributed by atoms with Crippen LogP contribution in [0.25, 0.3) is 10.9 Å². The van der Waals surface area contributed by atoms with Crippen LogP contribution in [0, 0.1) is 0 Å². The summed E-state index contributed by atoms with van der Waals surface area (Å²) in [6.45, 7) is 1.75. The van der Waals surface area contributed by atoms with Gasteiger partial charge in [0.1, 0.15) is 17.8 Å². The summed E-state index contributed by atoms with van der Waals surface area (Å²) >= 11 is 0. The fourth-order valence-corrected chi connectivity index (χ4v) is 4.19. The predicted molar refractivity (Wildman–Crippen MR) is 105 cm³/mol. The number of benzene rings is 2. The summed E-state index contributed by atoms with van der Waals surface area (Å²) in [4.78, 5) is 30.0. The number of hydrogen-bond donors (Lipinski definition) is 2. The molecular formula is C22H22N2O4. The first-order chi connectivity index (χ1) is 13.6. The maximum atomic E-state index is 12.9. The quantitative estimate of drug-likeness (QED) is 0.728. The molecule has 0 unspecified atom stereocenters. The second-order valence-corrected chi connectivity index (χ2v) is 6.92. The zero-order valence-corrected chi connectivity index (χ0v) is 15.8. The van der Waals surface area contributed by atoms with Gasteiger partial charge in [-0.1, -0.05) is 43.3 Å². The largest absolute Gasteiger partial charge is 0.496 e. The van der Waals surface area contributed by atoms with Gasteiger partial charge >= 0.3 is 5.97 Å². The average Bonchev–Trinajstić information content (AvgIpc) is 3.10. The van der Waals surface area contributed by atoms with Gasteiger partial charge in [0, 0.05) is 35.0 Å². The minimum Gasteiger partial charge on any atom is -0.496 e. The van der Waals surface area contributed by atoms with Crippen molar-refractivity contribution in [2.75, 3.05) is 7.11 Å². The van der Waals surface area contributed by atoms with E-state index in [1.54, 1.807) is 14.0 Å². The second kappa shape index (κ2) is 7.03. The molecule has 6 nitrogen and oxygen atoms in total. The lowest BCUT2D eigenvalue weighted by atomic mass is 9.87. The number of methoxy groups -OCH3 is 1. The summed E-state index contributed by atoms with van der Waals surface area (Å²) in [6, 6.07) is 13.8. The number of nitrogens with zero attached hydrogens (tertiary/aromatic N) is 1. The van der Waals surface area contributed by atoms with E-state index in [0.29, 0.717) is 5.75 Å². The SMILES string of the molecule is CCC(=O)N1[C@@H](c2ccccc2OC)c2[nH]c3ccccc3c2C[C@H]1C(=O)O. The van der Waals surface area contributed by atoms with E-state index in [-0.39, 0.29) is 18.7 Å². The molecule has 1 aromatic heterocycles. The van der Waals surface area contributed by atoms with Crippen molar-refractivity contribution in [2.45, 2.75) is 31.8 Å². The number of para-hydroxylation sites is 2. The molecule has 2 N–H and O–H groups in total. The Bertz CT molecular complexity index is 1060. The number of aromatic nitrogens is 1. The van der Waals surface area contributed by atoms with Crippen molar-refractivity contribution >= 4 is 22.8 Å². The van der Waals surface area contributed by atoms with Crippen LogP contribution in [0.2, 0.25) is 0 Å². The lowest BCUT2D eigenvalue weighted by molar-refractivity contribution is -0.152. The van der Waals surface area contributed by atoms with Crippen LogP contribution >= 0.6 is 0 Å². The Morgan fingerprint density at radius 1 is 1.18 bits per heavy atom. The van der Waals surface area contributed by atoms with E-state index < -0.39 is 18.1 Å². The number of carbonyl (C=O) groups excluding carboxylic acids is 1.